The van der Waals surface area contributed by atoms with Crippen LogP contribution in [0.2, 0.25) is 0 Å². The number of nitrogens with one attached hydrogen (secondary N) is 1. The Kier molecular flexibility index (Phi) is 8.89. The van der Waals surface area contributed by atoms with E-state index in [4.69, 9.17) is 9.47 Å². The van der Waals surface area contributed by atoms with Crippen LogP contribution in [0.1, 0.15) is 25.7 Å². The number of ether oxygens (including phenoxy) is 2. The maximum atomic E-state index is 13.0. The molecule has 1 heterocycles. The summed E-state index contributed by atoms with van der Waals surface area (Å²) in [4.78, 5) is 2.45. The van der Waals surface area contributed by atoms with Crippen molar-refractivity contribution in [3.05, 3.63) is 28.0 Å². The predicted octanol–water partition coefficient (Wildman–Crippen LogP) is 5.13. The zero-order chi connectivity index (χ0) is 22.4. The van der Waals surface area contributed by atoms with Gasteiger partial charge in [-0.25, -0.2) is 0 Å². The lowest BCUT2D eigenvalue weighted by molar-refractivity contribution is -0.140. The molecule has 0 aliphatic heterocycles. The van der Waals surface area contributed by atoms with E-state index in [2.05, 4.69) is 10.2 Å². The van der Waals surface area contributed by atoms with Gasteiger partial charge in [-0.1, -0.05) is 6.07 Å². The number of methoxy groups -OCH3 is 2. The SMILES string of the molecule is COCCN(CCOC)C1CCC(Nc2cccc3c2cc(I)n3CC(F)(F)F)CC1. The van der Waals surface area contributed by atoms with Gasteiger partial charge < -0.3 is 19.4 Å². The molecule has 9 heteroatoms. The van der Waals surface area contributed by atoms with Gasteiger partial charge in [0.05, 0.1) is 22.4 Å². The van der Waals surface area contributed by atoms with Gasteiger partial charge in [0, 0.05) is 50.5 Å². The number of hydrogen-bond donors (Lipinski definition) is 1. The third-order valence-electron chi connectivity index (χ3n) is 5.97. The second-order valence-electron chi connectivity index (χ2n) is 8.08. The number of rotatable bonds is 10. The van der Waals surface area contributed by atoms with E-state index >= 15 is 0 Å². The quantitative estimate of drug-likeness (QED) is 0.415. The average molecular weight is 553 g/mol. The first kappa shape index (κ1) is 24.6. The molecule has 1 aromatic carbocycles. The predicted molar refractivity (Wildman–Crippen MR) is 126 cm³/mol. The number of anilines is 1. The largest absolute Gasteiger partial charge is 0.406 e. The molecule has 1 aliphatic carbocycles. The second-order valence-corrected chi connectivity index (χ2v) is 9.18. The fourth-order valence-electron chi connectivity index (χ4n) is 4.42. The van der Waals surface area contributed by atoms with Crippen molar-refractivity contribution in [1.29, 1.82) is 0 Å². The molecule has 0 radical (unpaired) electrons. The maximum absolute atomic E-state index is 13.0. The standard InChI is InChI=1S/C22H31F3IN3O2/c1-30-12-10-28(11-13-31-2)17-8-6-16(7-9-17)27-19-4-3-5-20-18(19)14-21(26)29(20)15-22(23,24)25/h3-5,14,16-17,27H,6-13,15H2,1-2H3. The summed E-state index contributed by atoms with van der Waals surface area (Å²) < 4.78 is 51.4. The van der Waals surface area contributed by atoms with Gasteiger partial charge in [-0.05, 0) is 66.5 Å². The Morgan fingerprint density at radius 1 is 1.10 bits per heavy atom. The molecule has 1 aromatic heterocycles. The molecule has 0 spiro atoms. The summed E-state index contributed by atoms with van der Waals surface area (Å²) in [5, 5.41) is 4.45. The zero-order valence-electron chi connectivity index (χ0n) is 18.1. The molecule has 2 aromatic rings. The van der Waals surface area contributed by atoms with Crippen molar-refractivity contribution in [2.75, 3.05) is 45.8 Å². The summed E-state index contributed by atoms with van der Waals surface area (Å²) in [5.41, 5.74) is 1.53. The van der Waals surface area contributed by atoms with Crippen LogP contribution in [0.3, 0.4) is 0 Å². The van der Waals surface area contributed by atoms with E-state index in [1.165, 1.54) is 4.57 Å². The molecule has 1 fully saturated rings. The summed E-state index contributed by atoms with van der Waals surface area (Å²) in [6, 6.07) is 8.22. The van der Waals surface area contributed by atoms with Crippen LogP contribution < -0.4 is 5.32 Å². The van der Waals surface area contributed by atoms with Crippen molar-refractivity contribution >= 4 is 39.2 Å². The van der Waals surface area contributed by atoms with E-state index in [0.29, 0.717) is 34.5 Å². The first-order valence-electron chi connectivity index (χ1n) is 10.7. The molecule has 3 rings (SSSR count). The van der Waals surface area contributed by atoms with Crippen LogP contribution in [0.25, 0.3) is 10.9 Å². The van der Waals surface area contributed by atoms with Crippen LogP contribution in [0.15, 0.2) is 24.3 Å². The van der Waals surface area contributed by atoms with Crippen molar-refractivity contribution in [3.8, 4) is 0 Å². The highest BCUT2D eigenvalue weighted by Crippen LogP contribution is 2.33. The van der Waals surface area contributed by atoms with Gasteiger partial charge in [-0.2, -0.15) is 13.2 Å². The van der Waals surface area contributed by atoms with Crippen LogP contribution in [0, 0.1) is 3.70 Å². The van der Waals surface area contributed by atoms with Crippen molar-refractivity contribution in [3.63, 3.8) is 0 Å². The first-order valence-corrected chi connectivity index (χ1v) is 11.7. The van der Waals surface area contributed by atoms with E-state index in [-0.39, 0.29) is 0 Å². The monoisotopic (exact) mass is 553 g/mol. The second kappa shape index (κ2) is 11.2. The lowest BCUT2D eigenvalue weighted by atomic mass is 9.89. The molecule has 0 atom stereocenters. The summed E-state index contributed by atoms with van der Waals surface area (Å²) >= 11 is 1.98. The van der Waals surface area contributed by atoms with Crippen molar-refractivity contribution < 1.29 is 22.6 Å². The number of alkyl halides is 3. The minimum atomic E-state index is -4.24. The Morgan fingerprint density at radius 2 is 1.74 bits per heavy atom. The number of halogens is 4. The molecule has 1 saturated carbocycles. The highest BCUT2D eigenvalue weighted by atomic mass is 127. The van der Waals surface area contributed by atoms with Gasteiger partial charge >= 0.3 is 6.18 Å². The summed E-state index contributed by atoms with van der Waals surface area (Å²) in [7, 11) is 3.44. The Balaban J connectivity index is 1.65. The molecule has 0 saturated heterocycles. The third-order valence-corrected chi connectivity index (χ3v) is 6.86. The normalized spacial score (nSPS) is 20.0. The van der Waals surface area contributed by atoms with E-state index in [1.807, 2.05) is 40.8 Å². The fraction of sp³-hybridized carbons (Fsp3) is 0.636. The van der Waals surface area contributed by atoms with Gasteiger partial charge in [0.2, 0.25) is 0 Å². The zero-order valence-corrected chi connectivity index (χ0v) is 20.2. The van der Waals surface area contributed by atoms with Crippen LogP contribution in [-0.4, -0.2) is 68.2 Å². The molecular weight excluding hydrogens is 522 g/mol. The lowest BCUT2D eigenvalue weighted by Gasteiger charge is -2.37. The van der Waals surface area contributed by atoms with Crippen LogP contribution >= 0.6 is 22.6 Å². The van der Waals surface area contributed by atoms with E-state index < -0.39 is 12.7 Å². The molecule has 31 heavy (non-hydrogen) atoms. The van der Waals surface area contributed by atoms with E-state index in [9.17, 15) is 13.2 Å². The Morgan fingerprint density at radius 3 is 2.32 bits per heavy atom. The minimum Gasteiger partial charge on any atom is -0.383 e. The molecule has 0 unspecified atom stereocenters. The smallest absolute Gasteiger partial charge is 0.383 e. The van der Waals surface area contributed by atoms with Crippen LogP contribution in [-0.2, 0) is 16.0 Å². The van der Waals surface area contributed by atoms with E-state index in [0.717, 1.165) is 49.8 Å². The number of hydrogen-bond acceptors (Lipinski definition) is 4. The minimum absolute atomic E-state index is 0.317. The van der Waals surface area contributed by atoms with Gasteiger partial charge in [0.25, 0.3) is 0 Å². The molecule has 5 nitrogen and oxygen atoms in total. The van der Waals surface area contributed by atoms with Gasteiger partial charge in [0.1, 0.15) is 6.54 Å². The van der Waals surface area contributed by atoms with Gasteiger partial charge in [-0.15, -0.1) is 0 Å². The summed E-state index contributed by atoms with van der Waals surface area (Å²) in [6.07, 6.45) is -0.0394. The highest BCUT2D eigenvalue weighted by Gasteiger charge is 2.30. The van der Waals surface area contributed by atoms with Crippen LogP contribution in [0.4, 0.5) is 18.9 Å². The molecule has 0 bridgehead atoms. The first-order chi connectivity index (χ1) is 14.8. The Bertz CT molecular complexity index is 827. The third kappa shape index (κ3) is 6.72. The topological polar surface area (TPSA) is 38.7 Å². The van der Waals surface area contributed by atoms with Crippen LogP contribution in [0.5, 0.6) is 0 Å². The lowest BCUT2D eigenvalue weighted by Crippen LogP contribution is -2.43. The van der Waals surface area contributed by atoms with E-state index in [1.54, 1.807) is 20.3 Å². The number of nitrogens with zero attached hydrogens (tertiary/aromatic N) is 2. The van der Waals surface area contributed by atoms with Gasteiger partial charge in [-0.3, -0.25) is 4.90 Å². The summed E-state index contributed by atoms with van der Waals surface area (Å²) in [6.45, 7) is 2.23. The van der Waals surface area contributed by atoms with Gasteiger partial charge in [0.15, 0.2) is 0 Å². The molecule has 0 amide bonds. The number of benzene rings is 1. The van der Waals surface area contributed by atoms with Crippen molar-refractivity contribution in [1.82, 2.24) is 9.47 Å². The Labute approximate surface area is 195 Å². The fourth-order valence-corrected chi connectivity index (χ4v) is 5.16. The Hall–Kier alpha value is -1.04. The number of aromatic nitrogens is 1. The summed E-state index contributed by atoms with van der Waals surface area (Å²) in [5.74, 6) is 0. The maximum Gasteiger partial charge on any atom is 0.406 e. The molecule has 1 aliphatic rings. The highest BCUT2D eigenvalue weighted by molar-refractivity contribution is 14.1. The molecule has 1 N–H and O–H groups in total. The molecular formula is C22H31F3IN3O2. The molecule has 174 valence electrons. The number of fused-ring (bicyclic) bond motifs is 1. The van der Waals surface area contributed by atoms with Crippen molar-refractivity contribution in [2.45, 2.75) is 50.5 Å². The van der Waals surface area contributed by atoms with Crippen molar-refractivity contribution in [2.24, 2.45) is 0 Å². The average Bonchev–Trinajstić information content (AvgIpc) is 3.04.